The van der Waals surface area contributed by atoms with E-state index >= 15 is 0 Å². The number of nitrogens with zero attached hydrogens (tertiary/aromatic N) is 1. The largest absolute Gasteiger partial charge is 0.480 e. The lowest BCUT2D eigenvalue weighted by molar-refractivity contribution is -0.144. The molecule has 1 atom stereocenters. The van der Waals surface area contributed by atoms with Crippen LogP contribution in [0.4, 0.5) is 0 Å². The Morgan fingerprint density at radius 3 is 2.89 bits per heavy atom. The van der Waals surface area contributed by atoms with Crippen LogP contribution < -0.4 is 0 Å². The average Bonchev–Trinajstić information content (AvgIpc) is 2.88. The molecule has 0 radical (unpaired) electrons. The van der Waals surface area contributed by atoms with Crippen molar-refractivity contribution in [3.8, 4) is 0 Å². The number of carboxylic acid groups (broad SMARTS) is 1. The summed E-state index contributed by atoms with van der Waals surface area (Å²) in [5, 5.41) is 10.8. The van der Waals surface area contributed by atoms with E-state index in [0.717, 1.165) is 21.5 Å². The smallest absolute Gasteiger partial charge is 0.326 e. The summed E-state index contributed by atoms with van der Waals surface area (Å²) in [5.74, 6) is -1.41. The van der Waals surface area contributed by atoms with Crippen molar-refractivity contribution in [2.45, 2.75) is 13.0 Å². The molecule has 7 heteroatoms. The number of carbonyl (C=O) groups is 2. The van der Waals surface area contributed by atoms with E-state index in [0.29, 0.717) is 4.91 Å². The van der Waals surface area contributed by atoms with Gasteiger partial charge in [-0.1, -0.05) is 30.0 Å². The van der Waals surface area contributed by atoms with E-state index in [2.05, 4.69) is 0 Å². The summed E-state index contributed by atoms with van der Waals surface area (Å²) in [7, 11) is 0. The van der Waals surface area contributed by atoms with Crippen LogP contribution in [0.3, 0.4) is 0 Å². The number of thiophene rings is 1. The number of thiocarbonyl (C=S) groups is 1. The third-order valence-corrected chi connectivity index (χ3v) is 4.53. The van der Waals surface area contributed by atoms with Crippen molar-refractivity contribution in [1.82, 2.24) is 4.90 Å². The second-order valence-electron chi connectivity index (χ2n) is 3.58. The van der Waals surface area contributed by atoms with E-state index < -0.39 is 12.0 Å². The van der Waals surface area contributed by atoms with Crippen LogP contribution in [0, 0.1) is 0 Å². The summed E-state index contributed by atoms with van der Waals surface area (Å²) >= 11 is 7.70. The van der Waals surface area contributed by atoms with E-state index in [-0.39, 0.29) is 10.2 Å². The van der Waals surface area contributed by atoms with Crippen molar-refractivity contribution >= 4 is 57.6 Å². The van der Waals surface area contributed by atoms with Gasteiger partial charge in [0.05, 0.1) is 4.91 Å². The summed E-state index contributed by atoms with van der Waals surface area (Å²) in [6.07, 6.45) is 1.73. The van der Waals surface area contributed by atoms with Gasteiger partial charge in [-0.25, -0.2) is 4.79 Å². The third kappa shape index (κ3) is 2.47. The Morgan fingerprint density at radius 2 is 2.33 bits per heavy atom. The first-order chi connectivity index (χ1) is 8.50. The highest BCUT2D eigenvalue weighted by atomic mass is 32.2. The van der Waals surface area contributed by atoms with Crippen LogP contribution in [-0.2, 0) is 9.59 Å². The molecule has 1 aromatic rings. The molecule has 1 N–H and O–H groups in total. The van der Waals surface area contributed by atoms with Crippen LogP contribution >= 0.6 is 35.3 Å². The number of carboxylic acids is 1. The fourth-order valence-corrected chi connectivity index (χ4v) is 3.57. The SMILES string of the molecule is C[C@@H](C(=O)O)N1C(=O)/C(=C/c2cccs2)SC1=S. The zero-order valence-corrected chi connectivity index (χ0v) is 11.8. The number of amides is 1. The Hall–Kier alpha value is -1.18. The minimum atomic E-state index is -1.07. The maximum atomic E-state index is 12.1. The van der Waals surface area contributed by atoms with Gasteiger partial charge in [-0.15, -0.1) is 11.3 Å². The van der Waals surface area contributed by atoms with E-state index in [9.17, 15) is 9.59 Å². The molecule has 0 aliphatic carbocycles. The molecule has 1 aromatic heterocycles. The molecule has 0 unspecified atom stereocenters. The average molecular weight is 299 g/mol. The molecule has 1 aliphatic heterocycles. The highest BCUT2D eigenvalue weighted by molar-refractivity contribution is 8.26. The zero-order valence-electron chi connectivity index (χ0n) is 9.32. The molecule has 1 aliphatic rings. The molecule has 4 nitrogen and oxygen atoms in total. The van der Waals surface area contributed by atoms with Crippen molar-refractivity contribution < 1.29 is 14.7 Å². The summed E-state index contributed by atoms with van der Waals surface area (Å²) in [4.78, 5) is 25.6. The van der Waals surface area contributed by atoms with Crippen LogP contribution in [-0.4, -0.2) is 32.2 Å². The number of aliphatic carboxylic acids is 1. The van der Waals surface area contributed by atoms with Crippen LogP contribution in [0.1, 0.15) is 11.8 Å². The highest BCUT2D eigenvalue weighted by Gasteiger charge is 2.38. The highest BCUT2D eigenvalue weighted by Crippen LogP contribution is 2.34. The molecule has 0 bridgehead atoms. The summed E-state index contributed by atoms with van der Waals surface area (Å²) in [5.41, 5.74) is 0. The second-order valence-corrected chi connectivity index (χ2v) is 6.24. The van der Waals surface area contributed by atoms with Gasteiger partial charge in [0.25, 0.3) is 5.91 Å². The summed E-state index contributed by atoms with van der Waals surface area (Å²) < 4.78 is 0.290. The number of hydrogen-bond donors (Lipinski definition) is 1. The Kier molecular flexibility index (Phi) is 3.84. The zero-order chi connectivity index (χ0) is 13.3. The molecule has 18 heavy (non-hydrogen) atoms. The lowest BCUT2D eigenvalue weighted by Crippen LogP contribution is -2.41. The van der Waals surface area contributed by atoms with Gasteiger partial charge in [-0.2, -0.15) is 0 Å². The van der Waals surface area contributed by atoms with Gasteiger partial charge in [0.15, 0.2) is 0 Å². The Morgan fingerprint density at radius 1 is 1.61 bits per heavy atom. The predicted octanol–water partition coefficient (Wildman–Crippen LogP) is 2.42. The van der Waals surface area contributed by atoms with Crippen LogP contribution in [0.25, 0.3) is 6.08 Å². The van der Waals surface area contributed by atoms with Gasteiger partial charge >= 0.3 is 5.97 Å². The van der Waals surface area contributed by atoms with Crippen molar-refractivity contribution in [3.05, 3.63) is 27.3 Å². The number of carbonyl (C=O) groups excluding carboxylic acids is 1. The fraction of sp³-hybridized carbons (Fsp3) is 0.182. The van der Waals surface area contributed by atoms with E-state index in [1.54, 1.807) is 6.08 Å². The Labute approximate surface area is 117 Å². The minimum absolute atomic E-state index is 0.290. The van der Waals surface area contributed by atoms with Crippen molar-refractivity contribution in [2.24, 2.45) is 0 Å². The molecule has 1 fully saturated rings. The quantitative estimate of drug-likeness (QED) is 0.686. The van der Waals surface area contributed by atoms with Gasteiger partial charge in [-0.3, -0.25) is 9.69 Å². The Balaban J connectivity index is 2.27. The molecule has 94 valence electrons. The standard InChI is InChI=1S/C11H9NO3S3/c1-6(10(14)15)12-9(13)8(18-11(12)16)5-7-3-2-4-17-7/h2-6H,1H3,(H,14,15)/b8-5-/t6-/m0/s1. The first-order valence-electron chi connectivity index (χ1n) is 5.04. The van der Waals surface area contributed by atoms with Crippen LogP contribution in [0.5, 0.6) is 0 Å². The number of hydrogen-bond acceptors (Lipinski definition) is 5. The molecular formula is C11H9NO3S3. The van der Waals surface area contributed by atoms with Gasteiger partial charge < -0.3 is 5.11 Å². The molecule has 0 spiro atoms. The van der Waals surface area contributed by atoms with Gasteiger partial charge in [0.2, 0.25) is 0 Å². The van der Waals surface area contributed by atoms with Gasteiger partial charge in [-0.05, 0) is 24.4 Å². The van der Waals surface area contributed by atoms with E-state index in [4.69, 9.17) is 17.3 Å². The van der Waals surface area contributed by atoms with Gasteiger partial charge in [0.1, 0.15) is 10.4 Å². The number of thioether (sulfide) groups is 1. The lowest BCUT2D eigenvalue weighted by atomic mass is 10.3. The molecule has 2 rings (SSSR count). The van der Waals surface area contributed by atoms with Crippen LogP contribution in [0.2, 0.25) is 0 Å². The van der Waals surface area contributed by atoms with Crippen molar-refractivity contribution in [3.63, 3.8) is 0 Å². The lowest BCUT2D eigenvalue weighted by Gasteiger charge is -2.18. The number of rotatable bonds is 3. The molecule has 2 heterocycles. The maximum absolute atomic E-state index is 12.1. The third-order valence-electron chi connectivity index (χ3n) is 2.38. The van der Waals surface area contributed by atoms with Crippen LogP contribution in [0.15, 0.2) is 22.4 Å². The van der Waals surface area contributed by atoms with Crippen molar-refractivity contribution in [1.29, 1.82) is 0 Å². The molecule has 0 aromatic carbocycles. The summed E-state index contributed by atoms with van der Waals surface area (Å²) in [6.45, 7) is 1.45. The molecule has 1 amide bonds. The first-order valence-corrected chi connectivity index (χ1v) is 7.14. The van der Waals surface area contributed by atoms with E-state index in [1.165, 1.54) is 18.3 Å². The first kappa shape index (κ1) is 13.3. The fourth-order valence-electron chi connectivity index (χ4n) is 1.43. The Bertz CT molecular complexity index is 536. The predicted molar refractivity (Wildman–Crippen MR) is 76.4 cm³/mol. The normalized spacial score (nSPS) is 19.6. The minimum Gasteiger partial charge on any atom is -0.480 e. The molecule has 0 saturated carbocycles. The second kappa shape index (κ2) is 5.21. The molecular weight excluding hydrogens is 290 g/mol. The van der Waals surface area contributed by atoms with Gasteiger partial charge in [0, 0.05) is 4.88 Å². The maximum Gasteiger partial charge on any atom is 0.326 e. The van der Waals surface area contributed by atoms with E-state index in [1.807, 2.05) is 17.5 Å². The van der Waals surface area contributed by atoms with Crippen molar-refractivity contribution in [2.75, 3.05) is 0 Å². The summed E-state index contributed by atoms with van der Waals surface area (Å²) in [6, 6.07) is 2.83. The molecule has 1 saturated heterocycles. The topological polar surface area (TPSA) is 57.6 Å². The monoisotopic (exact) mass is 299 g/mol.